The van der Waals surface area contributed by atoms with Crippen LogP contribution >= 0.6 is 0 Å². The van der Waals surface area contributed by atoms with Crippen molar-refractivity contribution in [3.63, 3.8) is 0 Å². The van der Waals surface area contributed by atoms with E-state index in [0.29, 0.717) is 18.9 Å². The predicted molar refractivity (Wildman–Crippen MR) is 43.4 cm³/mol. The number of hydrogen-bond donors (Lipinski definition) is 3. The molecule has 0 aliphatic rings. The van der Waals surface area contributed by atoms with Crippen molar-refractivity contribution >= 4 is 5.82 Å². The molecule has 1 heterocycles. The Bertz CT molecular complexity index is 237. The van der Waals surface area contributed by atoms with Crippen LogP contribution in [0.3, 0.4) is 0 Å². The minimum atomic E-state index is -0.242. The smallest absolute Gasteiger partial charge is 0.310 e. The lowest BCUT2D eigenvalue weighted by molar-refractivity contribution is 0.278. The van der Waals surface area contributed by atoms with Crippen molar-refractivity contribution in [2.24, 2.45) is 11.6 Å². The average Bonchev–Trinajstić information content (AvgIpc) is 2.47. The molecule has 12 heavy (non-hydrogen) atoms. The highest BCUT2D eigenvalue weighted by Crippen LogP contribution is 2.16. The van der Waals surface area contributed by atoms with Crippen LogP contribution in [0.25, 0.3) is 0 Å². The first-order valence-corrected chi connectivity index (χ1v) is 3.62. The summed E-state index contributed by atoms with van der Waals surface area (Å²) in [4.78, 5) is 0. The molecule has 0 saturated carbocycles. The molecule has 68 valence electrons. The van der Waals surface area contributed by atoms with E-state index in [-0.39, 0.29) is 5.95 Å². The first-order chi connectivity index (χ1) is 5.74. The molecular weight excluding hydrogens is 160 g/mol. The molecule has 0 atom stereocenters. The van der Waals surface area contributed by atoms with Gasteiger partial charge in [-0.15, -0.1) is 0 Å². The van der Waals surface area contributed by atoms with Gasteiger partial charge >= 0.3 is 5.95 Å². The van der Waals surface area contributed by atoms with Crippen LogP contribution in [0.15, 0.2) is 10.6 Å². The highest BCUT2D eigenvalue weighted by Gasteiger charge is 2.06. The molecule has 1 rings (SSSR count). The van der Waals surface area contributed by atoms with Crippen LogP contribution in [0.4, 0.5) is 5.82 Å². The second-order valence-electron chi connectivity index (χ2n) is 2.36. The van der Waals surface area contributed by atoms with E-state index in [4.69, 9.17) is 16.7 Å². The molecular formula is C6H12N4O2. The van der Waals surface area contributed by atoms with Crippen LogP contribution in [-0.2, 0) is 0 Å². The topological polar surface area (TPSA) is 102 Å². The molecule has 0 bridgehead atoms. The summed E-state index contributed by atoms with van der Waals surface area (Å²) in [5.41, 5.74) is 5.28. The van der Waals surface area contributed by atoms with Gasteiger partial charge in [0.2, 0.25) is 0 Å². The third-order valence-electron chi connectivity index (χ3n) is 1.38. The quantitative estimate of drug-likeness (QED) is 0.414. The first kappa shape index (κ1) is 8.82. The zero-order chi connectivity index (χ0) is 8.97. The van der Waals surface area contributed by atoms with Crippen LogP contribution in [0.5, 0.6) is 5.95 Å². The van der Waals surface area contributed by atoms with E-state index < -0.39 is 0 Å². The van der Waals surface area contributed by atoms with Crippen LogP contribution in [0.2, 0.25) is 0 Å². The molecule has 0 radical (unpaired) electrons. The number of nitrogens with zero attached hydrogens (tertiary/aromatic N) is 2. The minimum Gasteiger partial charge on any atom is -0.479 e. The van der Waals surface area contributed by atoms with Gasteiger partial charge in [-0.2, -0.15) is 0 Å². The van der Waals surface area contributed by atoms with Gasteiger partial charge < -0.3 is 15.4 Å². The predicted octanol–water partition coefficient (Wildman–Crippen LogP) is -0.591. The Balaban J connectivity index is 2.47. The largest absolute Gasteiger partial charge is 0.479 e. The molecule has 0 unspecified atom stereocenters. The zero-order valence-electron chi connectivity index (χ0n) is 6.60. The molecule has 0 spiro atoms. The SMILES string of the molecule is NCCCN(N)c1cc(O)on1. The first-order valence-electron chi connectivity index (χ1n) is 3.62. The molecule has 5 N–H and O–H groups in total. The van der Waals surface area contributed by atoms with E-state index in [2.05, 4.69) is 9.68 Å². The number of nitrogens with two attached hydrogens (primary N) is 2. The van der Waals surface area contributed by atoms with E-state index in [1.54, 1.807) is 0 Å². The van der Waals surface area contributed by atoms with Crippen LogP contribution in [0.1, 0.15) is 6.42 Å². The van der Waals surface area contributed by atoms with E-state index in [9.17, 15) is 0 Å². The van der Waals surface area contributed by atoms with Crippen LogP contribution in [0, 0.1) is 0 Å². The lowest BCUT2D eigenvalue weighted by Gasteiger charge is -2.12. The fraction of sp³-hybridized carbons (Fsp3) is 0.500. The average molecular weight is 172 g/mol. The molecule has 0 saturated heterocycles. The highest BCUT2D eigenvalue weighted by molar-refractivity contribution is 5.37. The molecule has 0 aliphatic heterocycles. The summed E-state index contributed by atoms with van der Waals surface area (Å²) in [6.07, 6.45) is 0.768. The standard InChI is InChI=1S/C6H12N4O2/c7-2-1-3-10(8)5-4-6(11)12-9-5/h4,11H,1-3,7-8H2. The molecule has 1 aromatic heterocycles. The van der Waals surface area contributed by atoms with Crippen LogP contribution in [-0.4, -0.2) is 23.4 Å². The summed E-state index contributed by atoms with van der Waals surface area (Å²) in [6, 6.07) is 1.34. The van der Waals surface area contributed by atoms with Crippen molar-refractivity contribution < 1.29 is 9.63 Å². The molecule has 0 fully saturated rings. The van der Waals surface area contributed by atoms with Gasteiger partial charge in [0.1, 0.15) is 0 Å². The minimum absolute atomic E-state index is 0.242. The number of hydrogen-bond acceptors (Lipinski definition) is 6. The van der Waals surface area contributed by atoms with Crippen molar-refractivity contribution in [1.29, 1.82) is 0 Å². The second-order valence-corrected chi connectivity index (χ2v) is 2.36. The number of rotatable bonds is 4. The van der Waals surface area contributed by atoms with Crippen LogP contribution < -0.4 is 16.6 Å². The van der Waals surface area contributed by atoms with Gasteiger partial charge in [0.15, 0.2) is 5.82 Å². The highest BCUT2D eigenvalue weighted by atomic mass is 16.5. The Morgan fingerprint density at radius 2 is 2.42 bits per heavy atom. The molecule has 1 aromatic rings. The third kappa shape index (κ3) is 2.11. The number of anilines is 1. The van der Waals surface area contributed by atoms with E-state index in [0.717, 1.165) is 6.42 Å². The summed E-state index contributed by atoms with van der Waals surface area (Å²) in [7, 11) is 0. The van der Waals surface area contributed by atoms with E-state index >= 15 is 0 Å². The zero-order valence-corrected chi connectivity index (χ0v) is 6.60. The van der Waals surface area contributed by atoms with Crippen molar-refractivity contribution in [2.75, 3.05) is 18.1 Å². The third-order valence-corrected chi connectivity index (χ3v) is 1.38. The second kappa shape index (κ2) is 3.93. The van der Waals surface area contributed by atoms with E-state index in [1.807, 2.05) is 0 Å². The number of hydrazine groups is 1. The van der Waals surface area contributed by atoms with Crippen molar-refractivity contribution in [3.8, 4) is 5.95 Å². The summed E-state index contributed by atoms with van der Waals surface area (Å²) in [5, 5.41) is 13.7. The maximum Gasteiger partial charge on any atom is 0.310 e. The molecule has 6 heteroatoms. The Morgan fingerprint density at radius 3 is 2.92 bits per heavy atom. The lowest BCUT2D eigenvalue weighted by atomic mass is 10.4. The molecule has 0 amide bonds. The summed E-state index contributed by atoms with van der Waals surface area (Å²) < 4.78 is 4.42. The maximum absolute atomic E-state index is 8.79. The fourth-order valence-electron chi connectivity index (χ4n) is 0.768. The monoisotopic (exact) mass is 172 g/mol. The Hall–Kier alpha value is -1.27. The maximum atomic E-state index is 8.79. The van der Waals surface area contributed by atoms with Gasteiger partial charge in [-0.3, -0.25) is 5.01 Å². The van der Waals surface area contributed by atoms with Crippen molar-refractivity contribution in [1.82, 2.24) is 5.16 Å². The Kier molecular flexibility index (Phi) is 2.89. The van der Waals surface area contributed by atoms with Gasteiger partial charge in [0, 0.05) is 6.54 Å². The van der Waals surface area contributed by atoms with E-state index in [1.165, 1.54) is 11.1 Å². The lowest BCUT2D eigenvalue weighted by Crippen LogP contribution is -2.33. The van der Waals surface area contributed by atoms with Gasteiger partial charge in [0.05, 0.1) is 6.07 Å². The summed E-state index contributed by atoms with van der Waals surface area (Å²) in [5.74, 6) is 5.70. The Labute approximate surface area is 69.7 Å². The number of aromatic nitrogens is 1. The van der Waals surface area contributed by atoms with Crippen molar-refractivity contribution in [2.45, 2.75) is 6.42 Å². The molecule has 6 nitrogen and oxygen atoms in total. The van der Waals surface area contributed by atoms with Gasteiger partial charge in [-0.05, 0) is 13.0 Å². The van der Waals surface area contributed by atoms with Gasteiger partial charge in [0.25, 0.3) is 0 Å². The number of aromatic hydroxyl groups is 1. The van der Waals surface area contributed by atoms with Gasteiger partial charge in [-0.1, -0.05) is 5.16 Å². The molecule has 0 aromatic carbocycles. The van der Waals surface area contributed by atoms with Crippen molar-refractivity contribution in [3.05, 3.63) is 6.07 Å². The van der Waals surface area contributed by atoms with Gasteiger partial charge in [-0.25, -0.2) is 5.84 Å². The normalized spacial score (nSPS) is 10.2. The summed E-state index contributed by atoms with van der Waals surface area (Å²) >= 11 is 0. The fourth-order valence-corrected chi connectivity index (χ4v) is 0.768. The molecule has 0 aliphatic carbocycles. The Morgan fingerprint density at radius 1 is 1.67 bits per heavy atom. The summed E-state index contributed by atoms with van der Waals surface area (Å²) in [6.45, 7) is 1.15.